The molecule has 2 atom stereocenters. The number of benzene rings is 4. The first-order valence-electron chi connectivity index (χ1n) is 16.9. The topological polar surface area (TPSA) is 112 Å². The predicted molar refractivity (Wildman–Crippen MR) is 199 cm³/mol. The maximum absolute atomic E-state index is 14.7. The number of hydrogen-bond donors (Lipinski definition) is 2. The summed E-state index contributed by atoms with van der Waals surface area (Å²) in [6.45, 7) is 7.10. The van der Waals surface area contributed by atoms with Gasteiger partial charge < -0.3 is 15.5 Å². The highest BCUT2D eigenvalue weighted by Crippen LogP contribution is 2.60. The van der Waals surface area contributed by atoms with Crippen LogP contribution in [0.2, 0.25) is 0 Å². The number of hydrogen-bond acceptors (Lipinski definition) is 6. The number of imide groups is 1. The van der Waals surface area contributed by atoms with Gasteiger partial charge in [-0.3, -0.25) is 24.2 Å². The highest BCUT2D eigenvalue weighted by atomic mass is 16.2. The number of piperidine rings is 1. The first-order valence-corrected chi connectivity index (χ1v) is 16.9. The Bertz CT molecular complexity index is 2220. The van der Waals surface area contributed by atoms with Crippen LogP contribution in [0.15, 0.2) is 91.3 Å². The Morgan fingerprint density at radius 3 is 1.76 bits per heavy atom. The zero-order valence-corrected chi connectivity index (χ0v) is 29.3. The van der Waals surface area contributed by atoms with Crippen molar-refractivity contribution in [3.8, 4) is 11.1 Å². The van der Waals surface area contributed by atoms with E-state index in [0.29, 0.717) is 29.2 Å². The number of amides is 4. The van der Waals surface area contributed by atoms with E-state index >= 15 is 0 Å². The normalized spacial score (nSPS) is 23.2. The summed E-state index contributed by atoms with van der Waals surface area (Å²) in [6.07, 6.45) is 4.08. The minimum atomic E-state index is -1.05. The Morgan fingerprint density at radius 1 is 0.720 bits per heavy atom. The molecule has 1 aliphatic carbocycles. The smallest absolute Gasteiger partial charge is 0.239 e. The molecule has 2 unspecified atom stereocenters. The first kappa shape index (κ1) is 33.0. The Hall–Kier alpha value is -5.57. The van der Waals surface area contributed by atoms with Crippen molar-refractivity contribution in [3.63, 3.8) is 0 Å². The number of nitrogens with one attached hydrogen (secondary N) is 2. The third-order valence-electron chi connectivity index (χ3n) is 10.5. The second kappa shape index (κ2) is 11.8. The summed E-state index contributed by atoms with van der Waals surface area (Å²) in [5, 5.41) is 10.1. The molecule has 2 bridgehead atoms. The molecule has 5 aromatic rings. The van der Waals surface area contributed by atoms with Crippen LogP contribution in [0.25, 0.3) is 32.7 Å². The second-order valence-corrected chi connectivity index (χ2v) is 15.0. The van der Waals surface area contributed by atoms with Crippen LogP contribution in [0.3, 0.4) is 0 Å². The van der Waals surface area contributed by atoms with E-state index in [1.807, 2.05) is 113 Å². The Balaban J connectivity index is 1.32. The van der Waals surface area contributed by atoms with Crippen molar-refractivity contribution in [2.45, 2.75) is 47.0 Å². The fourth-order valence-electron chi connectivity index (χ4n) is 8.77. The molecule has 1 aromatic heterocycles. The van der Waals surface area contributed by atoms with Crippen LogP contribution in [-0.4, -0.2) is 42.7 Å². The van der Waals surface area contributed by atoms with Crippen LogP contribution in [-0.2, 0) is 19.2 Å². The Kier molecular flexibility index (Phi) is 7.77. The van der Waals surface area contributed by atoms with E-state index in [-0.39, 0.29) is 36.5 Å². The highest BCUT2D eigenvalue weighted by molar-refractivity contribution is 6.22. The molecule has 1 saturated carbocycles. The summed E-state index contributed by atoms with van der Waals surface area (Å²) in [5.41, 5.74) is 0.929. The van der Waals surface area contributed by atoms with Crippen LogP contribution >= 0.6 is 0 Å². The molecule has 4 aromatic carbocycles. The standard InChI is InChI=1S/C41H41N5O4/c1-25(47)43-30-17-15-26-11-7-9-13-28(26)34(30)35-29-14-10-8-12-27(29)16-18-31(35)44-36(48)39(2)22-40(3)24-41(4,23-39)38(50)46(37(40)49)33-21-42-20-19-32(33)45(5)6/h7-21H,22-24H2,1-6H3,(H,43,47)(H,44,48). The lowest BCUT2D eigenvalue weighted by molar-refractivity contribution is -0.158. The van der Waals surface area contributed by atoms with Gasteiger partial charge in [0.2, 0.25) is 23.6 Å². The molecule has 2 fully saturated rings. The van der Waals surface area contributed by atoms with Crippen molar-refractivity contribution >= 4 is 67.9 Å². The predicted octanol–water partition coefficient (Wildman–Crippen LogP) is 7.79. The van der Waals surface area contributed by atoms with Gasteiger partial charge in [-0.25, -0.2) is 4.90 Å². The monoisotopic (exact) mass is 667 g/mol. The van der Waals surface area contributed by atoms with E-state index in [4.69, 9.17) is 0 Å². The SMILES string of the molecule is CC(=O)Nc1ccc2ccccc2c1-c1c(NC(=O)C2(C)CC3(C)CC(C)(C2)C(=O)N(c2cnccc2N(C)C)C3=O)ccc2ccccc12. The molecule has 0 radical (unpaired) electrons. The molecule has 4 amide bonds. The number of pyridine rings is 1. The van der Waals surface area contributed by atoms with E-state index in [1.165, 1.54) is 11.8 Å². The molecule has 0 spiro atoms. The lowest BCUT2D eigenvalue weighted by Crippen LogP contribution is -2.65. The van der Waals surface area contributed by atoms with Crippen molar-refractivity contribution < 1.29 is 19.2 Å². The summed E-state index contributed by atoms with van der Waals surface area (Å²) in [6, 6.07) is 25.4. The van der Waals surface area contributed by atoms with Gasteiger partial charge in [-0.1, -0.05) is 81.4 Å². The number of rotatable bonds is 6. The maximum Gasteiger partial charge on any atom is 0.239 e. The molecule has 2 heterocycles. The van der Waals surface area contributed by atoms with Crippen molar-refractivity contribution in [1.82, 2.24) is 4.98 Å². The Labute approximate surface area is 291 Å². The third-order valence-corrected chi connectivity index (χ3v) is 10.5. The van der Waals surface area contributed by atoms with Crippen molar-refractivity contribution in [1.29, 1.82) is 0 Å². The van der Waals surface area contributed by atoms with Gasteiger partial charge in [0, 0.05) is 66.0 Å². The maximum atomic E-state index is 14.7. The summed E-state index contributed by atoms with van der Waals surface area (Å²) in [4.78, 5) is 63.3. The first-order chi connectivity index (χ1) is 23.7. The molecule has 9 nitrogen and oxygen atoms in total. The van der Waals surface area contributed by atoms with Gasteiger partial charge in [-0.15, -0.1) is 0 Å². The molecular weight excluding hydrogens is 626 g/mol. The lowest BCUT2D eigenvalue weighted by atomic mass is 9.51. The van der Waals surface area contributed by atoms with Crippen LogP contribution in [0, 0.1) is 16.2 Å². The molecule has 254 valence electrons. The molecule has 50 heavy (non-hydrogen) atoms. The van der Waals surface area contributed by atoms with E-state index in [0.717, 1.165) is 32.7 Å². The van der Waals surface area contributed by atoms with Crippen LogP contribution < -0.4 is 20.4 Å². The third kappa shape index (κ3) is 5.28. The quantitative estimate of drug-likeness (QED) is 0.179. The van der Waals surface area contributed by atoms with Gasteiger partial charge in [-0.2, -0.15) is 0 Å². The van der Waals surface area contributed by atoms with Gasteiger partial charge in [0.1, 0.15) is 0 Å². The molecule has 2 N–H and O–H groups in total. The largest absolute Gasteiger partial charge is 0.376 e. The molecule has 1 aliphatic heterocycles. The minimum absolute atomic E-state index is 0.206. The fourth-order valence-corrected chi connectivity index (χ4v) is 8.77. The van der Waals surface area contributed by atoms with E-state index < -0.39 is 16.2 Å². The highest BCUT2D eigenvalue weighted by Gasteiger charge is 2.63. The fraction of sp³-hybridized carbons (Fsp3) is 0.293. The zero-order chi connectivity index (χ0) is 35.6. The van der Waals surface area contributed by atoms with E-state index in [9.17, 15) is 19.2 Å². The van der Waals surface area contributed by atoms with Crippen LogP contribution in [0.5, 0.6) is 0 Å². The van der Waals surface area contributed by atoms with Crippen molar-refractivity contribution in [3.05, 3.63) is 91.3 Å². The number of nitrogens with zero attached hydrogens (tertiary/aromatic N) is 3. The number of carbonyl (C=O) groups is 4. The van der Waals surface area contributed by atoms with E-state index in [1.54, 1.807) is 18.5 Å². The molecule has 7 rings (SSSR count). The zero-order valence-electron chi connectivity index (χ0n) is 29.3. The average Bonchev–Trinajstić information content (AvgIpc) is 3.07. The number of fused-ring (bicyclic) bond motifs is 4. The Morgan fingerprint density at radius 2 is 1.24 bits per heavy atom. The molecule has 9 heteroatoms. The molecular formula is C41H41N5O4. The summed E-state index contributed by atoms with van der Waals surface area (Å²) in [7, 11) is 3.73. The number of aromatic nitrogens is 1. The number of carbonyl (C=O) groups excluding carboxylic acids is 4. The van der Waals surface area contributed by atoms with Crippen molar-refractivity contribution in [2.75, 3.05) is 34.5 Å². The van der Waals surface area contributed by atoms with Crippen molar-refractivity contribution in [2.24, 2.45) is 16.2 Å². The average molecular weight is 668 g/mol. The van der Waals surface area contributed by atoms with Crippen LogP contribution in [0.1, 0.15) is 47.0 Å². The molecule has 1 saturated heterocycles. The summed E-state index contributed by atoms with van der Waals surface area (Å²) >= 11 is 0. The number of anilines is 4. The van der Waals surface area contributed by atoms with Gasteiger partial charge in [0.25, 0.3) is 0 Å². The van der Waals surface area contributed by atoms with Gasteiger partial charge in [0.15, 0.2) is 0 Å². The minimum Gasteiger partial charge on any atom is -0.376 e. The second-order valence-electron chi connectivity index (χ2n) is 15.0. The van der Waals surface area contributed by atoms with Gasteiger partial charge in [0.05, 0.1) is 17.6 Å². The summed E-state index contributed by atoms with van der Waals surface area (Å²) < 4.78 is 0. The van der Waals surface area contributed by atoms with E-state index in [2.05, 4.69) is 15.6 Å². The van der Waals surface area contributed by atoms with Gasteiger partial charge in [-0.05, 0) is 59.0 Å². The molecule has 2 aliphatic rings. The lowest BCUT2D eigenvalue weighted by Gasteiger charge is -2.56. The van der Waals surface area contributed by atoms with Crippen LogP contribution in [0.4, 0.5) is 22.7 Å². The summed E-state index contributed by atoms with van der Waals surface area (Å²) in [5.74, 6) is -1.12. The van der Waals surface area contributed by atoms with Gasteiger partial charge >= 0.3 is 0 Å².